The average Bonchev–Trinajstić information content (AvgIpc) is 2.97. The van der Waals surface area contributed by atoms with E-state index in [0.29, 0.717) is 17.9 Å². The van der Waals surface area contributed by atoms with Crippen LogP contribution in [0.2, 0.25) is 0 Å². The molecule has 2 unspecified atom stereocenters. The lowest BCUT2D eigenvalue weighted by Gasteiger charge is -2.34. The number of benzene rings is 3. The Balaban J connectivity index is 2.08. The number of nitrogens with zero attached hydrogens (tertiary/aromatic N) is 2. The summed E-state index contributed by atoms with van der Waals surface area (Å²) < 4.78 is 37.5. The minimum atomic E-state index is -3.87. The molecule has 0 aromatic heterocycles. The molecule has 41 heavy (non-hydrogen) atoms. The number of methoxy groups -OCH3 is 2. The number of nitrogens with one attached hydrogen (secondary N) is 1. The second-order valence-electron chi connectivity index (χ2n) is 9.87. The number of carbonyl (C=O) groups excluding carboxylic acids is 2. The molecule has 10 heteroatoms. The summed E-state index contributed by atoms with van der Waals surface area (Å²) in [6.45, 7) is 3.43. The summed E-state index contributed by atoms with van der Waals surface area (Å²) in [5, 5.41) is 3.02. The fourth-order valence-corrected chi connectivity index (χ4v) is 5.18. The van der Waals surface area contributed by atoms with Crippen molar-refractivity contribution in [2.24, 2.45) is 0 Å². The monoisotopic (exact) mass is 581 g/mol. The summed E-state index contributed by atoms with van der Waals surface area (Å²) in [4.78, 5) is 29.3. The Bertz CT molecular complexity index is 1410. The van der Waals surface area contributed by atoms with Gasteiger partial charge in [-0.1, -0.05) is 55.5 Å². The van der Waals surface area contributed by atoms with E-state index >= 15 is 0 Å². The molecule has 9 nitrogen and oxygen atoms in total. The Morgan fingerprint density at radius 1 is 0.878 bits per heavy atom. The molecule has 0 heterocycles. The van der Waals surface area contributed by atoms with E-state index in [2.05, 4.69) is 5.32 Å². The molecule has 0 radical (unpaired) electrons. The zero-order valence-corrected chi connectivity index (χ0v) is 25.1. The van der Waals surface area contributed by atoms with Gasteiger partial charge in [0.1, 0.15) is 24.1 Å². The fraction of sp³-hybridized carbons (Fsp3) is 0.355. The topological polar surface area (TPSA) is 105 Å². The van der Waals surface area contributed by atoms with Gasteiger partial charge >= 0.3 is 0 Å². The molecule has 2 amide bonds. The van der Waals surface area contributed by atoms with Crippen LogP contribution in [0.4, 0.5) is 5.69 Å². The Morgan fingerprint density at radius 2 is 1.49 bits per heavy atom. The number of anilines is 1. The SMILES string of the molecule is CCC(C)NC(=O)C(Cc1ccccc1)N(Cc1cccc(OC)c1)C(=O)CN(c1cccc(OC)c1)S(C)(=O)=O. The third-order valence-corrected chi connectivity index (χ3v) is 7.92. The van der Waals surface area contributed by atoms with Crippen molar-refractivity contribution >= 4 is 27.5 Å². The molecule has 0 bridgehead atoms. The number of carbonyl (C=O) groups is 2. The lowest BCUT2D eigenvalue weighted by Crippen LogP contribution is -2.54. The van der Waals surface area contributed by atoms with E-state index in [0.717, 1.165) is 21.7 Å². The van der Waals surface area contributed by atoms with Crippen LogP contribution < -0.4 is 19.1 Å². The average molecular weight is 582 g/mol. The molecule has 0 saturated heterocycles. The Labute approximate surface area is 243 Å². The predicted octanol–water partition coefficient (Wildman–Crippen LogP) is 4.02. The number of ether oxygens (including phenoxy) is 2. The van der Waals surface area contributed by atoms with E-state index in [1.165, 1.54) is 12.0 Å². The van der Waals surface area contributed by atoms with Gasteiger partial charge in [0.05, 0.1) is 26.2 Å². The van der Waals surface area contributed by atoms with Gasteiger partial charge in [0, 0.05) is 25.1 Å². The Hall–Kier alpha value is -4.05. The predicted molar refractivity (Wildman–Crippen MR) is 161 cm³/mol. The maximum Gasteiger partial charge on any atom is 0.244 e. The van der Waals surface area contributed by atoms with Crippen molar-refractivity contribution in [2.45, 2.75) is 45.3 Å². The largest absolute Gasteiger partial charge is 0.497 e. The lowest BCUT2D eigenvalue weighted by molar-refractivity contribution is -0.140. The van der Waals surface area contributed by atoms with Gasteiger partial charge in [-0.25, -0.2) is 8.42 Å². The van der Waals surface area contributed by atoms with E-state index in [9.17, 15) is 18.0 Å². The molecule has 0 aliphatic heterocycles. The minimum Gasteiger partial charge on any atom is -0.497 e. The number of hydrogen-bond acceptors (Lipinski definition) is 6. The molecule has 220 valence electrons. The highest BCUT2D eigenvalue weighted by atomic mass is 32.2. The Morgan fingerprint density at radius 3 is 2.10 bits per heavy atom. The van der Waals surface area contributed by atoms with Crippen molar-refractivity contribution in [1.82, 2.24) is 10.2 Å². The summed E-state index contributed by atoms with van der Waals surface area (Å²) in [6, 6.07) is 22.1. The van der Waals surface area contributed by atoms with Gasteiger partial charge in [-0.3, -0.25) is 13.9 Å². The molecule has 0 spiro atoms. The molecule has 3 aromatic carbocycles. The molecule has 0 aliphatic carbocycles. The summed E-state index contributed by atoms with van der Waals surface area (Å²) in [5.41, 5.74) is 1.89. The van der Waals surface area contributed by atoms with Crippen molar-refractivity contribution < 1.29 is 27.5 Å². The molecule has 0 saturated carbocycles. The molecule has 3 rings (SSSR count). The third-order valence-electron chi connectivity index (χ3n) is 6.78. The van der Waals surface area contributed by atoms with Crippen molar-refractivity contribution in [3.8, 4) is 11.5 Å². The van der Waals surface area contributed by atoms with E-state index in [-0.39, 0.29) is 30.6 Å². The number of amides is 2. The van der Waals surface area contributed by atoms with E-state index in [4.69, 9.17) is 9.47 Å². The molecule has 2 atom stereocenters. The van der Waals surface area contributed by atoms with Crippen molar-refractivity contribution in [3.63, 3.8) is 0 Å². The highest BCUT2D eigenvalue weighted by molar-refractivity contribution is 7.92. The van der Waals surface area contributed by atoms with Crippen LogP contribution in [0.15, 0.2) is 78.9 Å². The van der Waals surface area contributed by atoms with Gasteiger partial charge in [0.25, 0.3) is 0 Å². The summed E-state index contributed by atoms with van der Waals surface area (Å²) in [5.74, 6) is 0.215. The highest BCUT2D eigenvalue weighted by Crippen LogP contribution is 2.25. The first-order chi connectivity index (χ1) is 19.5. The summed E-state index contributed by atoms with van der Waals surface area (Å²) in [7, 11) is -0.838. The maximum absolute atomic E-state index is 14.2. The standard InChI is InChI=1S/C31H39N3O6S/c1-6-23(2)32-31(36)29(19-24-12-8-7-9-13-24)33(21-25-14-10-16-27(18-25)39-3)30(35)22-34(41(5,37)38)26-15-11-17-28(20-26)40-4/h7-18,20,23,29H,6,19,21-22H2,1-5H3,(H,32,36). The van der Waals surface area contributed by atoms with Crippen LogP contribution in [0.5, 0.6) is 11.5 Å². The first-order valence-electron chi connectivity index (χ1n) is 13.4. The van der Waals surface area contributed by atoms with E-state index < -0.39 is 28.5 Å². The van der Waals surface area contributed by atoms with Crippen LogP contribution >= 0.6 is 0 Å². The highest BCUT2D eigenvalue weighted by Gasteiger charge is 2.33. The van der Waals surface area contributed by atoms with E-state index in [1.54, 1.807) is 49.6 Å². The molecular weight excluding hydrogens is 542 g/mol. The fourth-order valence-electron chi connectivity index (χ4n) is 4.34. The van der Waals surface area contributed by atoms with Gasteiger partial charge in [-0.2, -0.15) is 0 Å². The van der Waals surface area contributed by atoms with Crippen LogP contribution in [0, 0.1) is 0 Å². The van der Waals surface area contributed by atoms with Gasteiger partial charge in [-0.05, 0) is 48.7 Å². The van der Waals surface area contributed by atoms with Crippen LogP contribution in [-0.4, -0.2) is 64.2 Å². The smallest absolute Gasteiger partial charge is 0.244 e. The van der Waals surface area contributed by atoms with Crippen molar-refractivity contribution in [1.29, 1.82) is 0 Å². The van der Waals surface area contributed by atoms with Crippen LogP contribution in [0.25, 0.3) is 0 Å². The molecule has 3 aromatic rings. The zero-order valence-electron chi connectivity index (χ0n) is 24.2. The maximum atomic E-state index is 14.2. The molecule has 0 fully saturated rings. The Kier molecular flexibility index (Phi) is 11.2. The van der Waals surface area contributed by atoms with E-state index in [1.807, 2.05) is 50.2 Å². The van der Waals surface area contributed by atoms with Gasteiger partial charge in [0.2, 0.25) is 21.8 Å². The van der Waals surface area contributed by atoms with Crippen LogP contribution in [-0.2, 0) is 32.6 Å². The van der Waals surface area contributed by atoms with Crippen LogP contribution in [0.3, 0.4) is 0 Å². The second kappa shape index (κ2) is 14.5. The summed E-state index contributed by atoms with van der Waals surface area (Å²) >= 11 is 0. The van der Waals surface area contributed by atoms with Gasteiger partial charge in [0.15, 0.2) is 0 Å². The zero-order chi connectivity index (χ0) is 30.0. The molecule has 0 aliphatic rings. The normalized spacial score (nSPS) is 12.6. The molecule has 1 N–H and O–H groups in total. The molecular formula is C31H39N3O6S. The van der Waals surface area contributed by atoms with Gasteiger partial charge in [-0.15, -0.1) is 0 Å². The first kappa shape index (κ1) is 31.5. The quantitative estimate of drug-likeness (QED) is 0.308. The van der Waals surface area contributed by atoms with Crippen molar-refractivity contribution in [2.75, 3.05) is 31.3 Å². The first-order valence-corrected chi connectivity index (χ1v) is 15.3. The second-order valence-corrected chi connectivity index (χ2v) is 11.8. The number of hydrogen-bond donors (Lipinski definition) is 1. The number of sulfonamides is 1. The summed E-state index contributed by atoms with van der Waals surface area (Å²) in [6.07, 6.45) is 2.01. The lowest BCUT2D eigenvalue weighted by atomic mass is 10.0. The minimum absolute atomic E-state index is 0.0666. The van der Waals surface area contributed by atoms with Crippen molar-refractivity contribution in [3.05, 3.63) is 90.0 Å². The van der Waals surface area contributed by atoms with Gasteiger partial charge < -0.3 is 19.7 Å². The number of rotatable bonds is 14. The third kappa shape index (κ3) is 8.97. The van der Waals surface area contributed by atoms with Crippen LogP contribution in [0.1, 0.15) is 31.4 Å².